The van der Waals surface area contributed by atoms with Crippen molar-refractivity contribution in [3.05, 3.63) is 35.0 Å². The smallest absolute Gasteiger partial charge is 0.146 e. The summed E-state index contributed by atoms with van der Waals surface area (Å²) in [6, 6.07) is 7.64. The molecule has 114 valence electrons. The zero-order chi connectivity index (χ0) is 15.6. The third-order valence-electron chi connectivity index (χ3n) is 3.02. The summed E-state index contributed by atoms with van der Waals surface area (Å²) in [5.41, 5.74) is 7.90. The number of anilines is 1. The highest BCUT2D eigenvalue weighted by atomic mass is 35.5. The first-order valence-electron chi connectivity index (χ1n) is 7.08. The van der Waals surface area contributed by atoms with E-state index in [-0.39, 0.29) is 5.41 Å². The van der Waals surface area contributed by atoms with Crippen LogP contribution >= 0.6 is 11.6 Å². The molecule has 2 rings (SSSR count). The molecule has 0 bridgehead atoms. The lowest BCUT2D eigenvalue weighted by Gasteiger charge is -2.16. The Labute approximate surface area is 130 Å². The second-order valence-corrected chi connectivity index (χ2v) is 6.60. The summed E-state index contributed by atoms with van der Waals surface area (Å²) >= 11 is 6.32. The molecule has 1 aromatic heterocycles. The first-order valence-corrected chi connectivity index (χ1v) is 7.45. The molecule has 0 saturated carbocycles. The molecule has 4 nitrogen and oxygen atoms in total. The van der Waals surface area contributed by atoms with Gasteiger partial charge in [0, 0.05) is 0 Å². The third kappa shape index (κ3) is 3.70. The van der Waals surface area contributed by atoms with Gasteiger partial charge in [-0.3, -0.25) is 0 Å². The summed E-state index contributed by atoms with van der Waals surface area (Å²) in [5.74, 6) is 1.30. The average Bonchev–Trinajstić information content (AvgIpc) is 2.67. The number of nitrogen functional groups attached to an aromatic ring is 1. The molecule has 0 spiro atoms. The highest BCUT2D eigenvalue weighted by molar-refractivity contribution is 6.33. The van der Waals surface area contributed by atoms with Crippen LogP contribution in [0.3, 0.4) is 0 Å². The number of nitrogens with two attached hydrogens (primary N) is 1. The van der Waals surface area contributed by atoms with Gasteiger partial charge >= 0.3 is 0 Å². The van der Waals surface area contributed by atoms with Crippen molar-refractivity contribution < 1.29 is 4.74 Å². The zero-order valence-corrected chi connectivity index (χ0v) is 13.7. The SMILES string of the molecule is CCOc1ccc(-n2nc(CC(C)(C)C)c(Cl)c2N)cc1. The van der Waals surface area contributed by atoms with E-state index in [0.717, 1.165) is 23.6 Å². The Hall–Kier alpha value is -1.68. The maximum absolute atomic E-state index is 6.32. The minimum atomic E-state index is 0.105. The summed E-state index contributed by atoms with van der Waals surface area (Å²) in [4.78, 5) is 0. The van der Waals surface area contributed by atoms with Gasteiger partial charge < -0.3 is 10.5 Å². The van der Waals surface area contributed by atoms with Gasteiger partial charge in [0.15, 0.2) is 0 Å². The van der Waals surface area contributed by atoms with E-state index in [2.05, 4.69) is 25.9 Å². The fourth-order valence-electron chi connectivity index (χ4n) is 2.12. The Balaban J connectivity index is 2.33. The van der Waals surface area contributed by atoms with Crippen LogP contribution in [-0.4, -0.2) is 16.4 Å². The topological polar surface area (TPSA) is 53.1 Å². The van der Waals surface area contributed by atoms with Crippen molar-refractivity contribution in [1.29, 1.82) is 0 Å². The predicted octanol–water partition coefficient (Wildman–Crippen LogP) is 4.10. The summed E-state index contributed by atoms with van der Waals surface area (Å²) in [6.45, 7) is 9.04. The van der Waals surface area contributed by atoms with Gasteiger partial charge in [-0.25, -0.2) is 4.68 Å². The van der Waals surface area contributed by atoms with Gasteiger partial charge in [-0.2, -0.15) is 5.10 Å². The number of rotatable bonds is 4. The van der Waals surface area contributed by atoms with E-state index in [4.69, 9.17) is 22.1 Å². The molecule has 5 heteroatoms. The van der Waals surface area contributed by atoms with Gasteiger partial charge in [0.05, 0.1) is 18.0 Å². The lowest BCUT2D eigenvalue weighted by Crippen LogP contribution is -2.10. The number of hydrogen-bond donors (Lipinski definition) is 1. The van der Waals surface area contributed by atoms with E-state index in [0.29, 0.717) is 17.4 Å². The number of aromatic nitrogens is 2. The maximum Gasteiger partial charge on any atom is 0.146 e. The minimum absolute atomic E-state index is 0.105. The molecule has 2 aromatic rings. The highest BCUT2D eigenvalue weighted by Crippen LogP contribution is 2.31. The van der Waals surface area contributed by atoms with E-state index in [1.165, 1.54) is 0 Å². The Kier molecular flexibility index (Phi) is 4.47. The monoisotopic (exact) mass is 307 g/mol. The Morgan fingerprint density at radius 3 is 2.38 bits per heavy atom. The normalized spacial score (nSPS) is 11.7. The quantitative estimate of drug-likeness (QED) is 0.925. The Morgan fingerprint density at radius 1 is 1.24 bits per heavy atom. The van der Waals surface area contributed by atoms with Crippen LogP contribution in [0, 0.1) is 5.41 Å². The van der Waals surface area contributed by atoms with Gasteiger partial charge in [-0.15, -0.1) is 0 Å². The van der Waals surface area contributed by atoms with E-state index in [1.54, 1.807) is 4.68 Å². The van der Waals surface area contributed by atoms with Crippen LogP contribution in [-0.2, 0) is 6.42 Å². The van der Waals surface area contributed by atoms with Crippen LogP contribution in [0.25, 0.3) is 5.69 Å². The molecule has 0 aliphatic heterocycles. The number of hydrogen-bond acceptors (Lipinski definition) is 3. The van der Waals surface area contributed by atoms with Gasteiger partial charge in [-0.1, -0.05) is 32.4 Å². The molecule has 0 aliphatic rings. The third-order valence-corrected chi connectivity index (χ3v) is 3.43. The van der Waals surface area contributed by atoms with Gasteiger partial charge in [0.1, 0.15) is 16.6 Å². The Morgan fingerprint density at radius 2 is 1.86 bits per heavy atom. The summed E-state index contributed by atoms with van der Waals surface area (Å²) < 4.78 is 7.11. The molecule has 0 radical (unpaired) electrons. The van der Waals surface area contributed by atoms with Crippen molar-refractivity contribution in [1.82, 2.24) is 9.78 Å². The fraction of sp³-hybridized carbons (Fsp3) is 0.438. The molecule has 0 aliphatic carbocycles. The van der Waals surface area contributed by atoms with E-state index in [9.17, 15) is 0 Å². The summed E-state index contributed by atoms with van der Waals surface area (Å²) in [5, 5.41) is 5.10. The van der Waals surface area contributed by atoms with Crippen LogP contribution in [0.4, 0.5) is 5.82 Å². The van der Waals surface area contributed by atoms with Crippen LogP contribution in [0.2, 0.25) is 5.02 Å². The maximum atomic E-state index is 6.32. The van der Waals surface area contributed by atoms with Crippen molar-refractivity contribution in [2.24, 2.45) is 5.41 Å². The lowest BCUT2D eigenvalue weighted by atomic mass is 9.91. The second-order valence-electron chi connectivity index (χ2n) is 6.22. The minimum Gasteiger partial charge on any atom is -0.494 e. The molecule has 0 unspecified atom stereocenters. The van der Waals surface area contributed by atoms with Crippen LogP contribution in [0.1, 0.15) is 33.4 Å². The second kappa shape index (κ2) is 5.98. The van der Waals surface area contributed by atoms with Gasteiger partial charge in [-0.05, 0) is 43.0 Å². The molecule has 0 saturated heterocycles. The molecule has 0 atom stereocenters. The molecule has 1 heterocycles. The molecule has 2 N–H and O–H groups in total. The zero-order valence-electron chi connectivity index (χ0n) is 13.0. The molecular weight excluding hydrogens is 286 g/mol. The van der Waals surface area contributed by atoms with Crippen molar-refractivity contribution >= 4 is 17.4 Å². The average molecular weight is 308 g/mol. The number of nitrogens with zero attached hydrogens (tertiary/aromatic N) is 2. The molecule has 1 aromatic carbocycles. The number of benzene rings is 1. The summed E-state index contributed by atoms with van der Waals surface area (Å²) in [7, 11) is 0. The van der Waals surface area contributed by atoms with Crippen molar-refractivity contribution in [3.63, 3.8) is 0 Å². The predicted molar refractivity (Wildman–Crippen MR) is 87.3 cm³/mol. The van der Waals surface area contributed by atoms with E-state index < -0.39 is 0 Å². The first-order chi connectivity index (χ1) is 9.81. The van der Waals surface area contributed by atoms with Crippen LogP contribution in [0.5, 0.6) is 5.75 Å². The van der Waals surface area contributed by atoms with Crippen LogP contribution in [0.15, 0.2) is 24.3 Å². The lowest BCUT2D eigenvalue weighted by molar-refractivity contribution is 0.340. The standard InChI is InChI=1S/C16H22ClN3O/c1-5-21-12-8-6-11(7-9-12)20-15(18)14(17)13(19-20)10-16(2,3)4/h6-9H,5,10,18H2,1-4H3. The summed E-state index contributed by atoms with van der Waals surface area (Å²) in [6.07, 6.45) is 0.778. The first kappa shape index (κ1) is 15.7. The molecule has 0 amide bonds. The molecule has 0 fully saturated rings. The van der Waals surface area contributed by atoms with Gasteiger partial charge in [0.2, 0.25) is 0 Å². The molecular formula is C16H22ClN3O. The number of ether oxygens (including phenoxy) is 1. The largest absolute Gasteiger partial charge is 0.494 e. The van der Waals surface area contributed by atoms with Gasteiger partial charge in [0.25, 0.3) is 0 Å². The number of halogens is 1. The van der Waals surface area contributed by atoms with Crippen molar-refractivity contribution in [2.45, 2.75) is 34.1 Å². The van der Waals surface area contributed by atoms with Crippen LogP contribution < -0.4 is 10.5 Å². The van der Waals surface area contributed by atoms with Crippen molar-refractivity contribution in [2.75, 3.05) is 12.3 Å². The van der Waals surface area contributed by atoms with E-state index in [1.807, 2.05) is 31.2 Å². The van der Waals surface area contributed by atoms with Crippen molar-refractivity contribution in [3.8, 4) is 11.4 Å². The Bertz CT molecular complexity index is 612. The highest BCUT2D eigenvalue weighted by Gasteiger charge is 2.20. The van der Waals surface area contributed by atoms with E-state index >= 15 is 0 Å². The fourth-order valence-corrected chi connectivity index (χ4v) is 2.31. The molecule has 21 heavy (non-hydrogen) atoms.